The number of nitrogens with one attached hydrogen (secondary N) is 2. The first-order valence-electron chi connectivity index (χ1n) is 7.58. The van der Waals surface area contributed by atoms with E-state index in [1.165, 1.54) is 12.1 Å². The Morgan fingerprint density at radius 2 is 1.68 bits per heavy atom. The van der Waals surface area contributed by atoms with Gasteiger partial charge in [0.25, 0.3) is 0 Å². The lowest BCUT2D eigenvalue weighted by molar-refractivity contribution is -0.128. The predicted octanol–water partition coefficient (Wildman–Crippen LogP) is 2.43. The summed E-state index contributed by atoms with van der Waals surface area (Å²) in [5.74, 6) is -0.304. The number of hydrogen-bond donors (Lipinski definition) is 2. The molecule has 2 amide bonds. The highest BCUT2D eigenvalue weighted by molar-refractivity contribution is 5.81. The van der Waals surface area contributed by atoms with Crippen LogP contribution in [0.4, 0.5) is 4.39 Å². The summed E-state index contributed by atoms with van der Waals surface area (Å²) >= 11 is 0. The molecule has 1 aromatic rings. The van der Waals surface area contributed by atoms with Crippen LogP contribution < -0.4 is 10.6 Å². The third kappa shape index (κ3) is 7.20. The van der Waals surface area contributed by atoms with Gasteiger partial charge < -0.3 is 10.6 Å². The van der Waals surface area contributed by atoms with E-state index in [-0.39, 0.29) is 17.6 Å². The van der Waals surface area contributed by atoms with E-state index in [0.717, 1.165) is 5.56 Å². The predicted molar refractivity (Wildman–Crippen MR) is 84.8 cm³/mol. The molecule has 0 bridgehead atoms. The van der Waals surface area contributed by atoms with Crippen molar-refractivity contribution in [3.63, 3.8) is 0 Å². The van der Waals surface area contributed by atoms with Crippen molar-refractivity contribution in [2.24, 2.45) is 5.41 Å². The fourth-order valence-corrected chi connectivity index (χ4v) is 1.80. The molecular formula is C17H25FN2O2. The van der Waals surface area contributed by atoms with Crippen LogP contribution in [-0.2, 0) is 16.0 Å². The highest BCUT2D eigenvalue weighted by Crippen LogP contribution is 2.12. The maximum atomic E-state index is 12.7. The maximum absolute atomic E-state index is 12.7. The molecule has 0 saturated heterocycles. The molecule has 1 rings (SSSR count). The highest BCUT2D eigenvalue weighted by Gasteiger charge is 2.20. The van der Waals surface area contributed by atoms with Gasteiger partial charge >= 0.3 is 0 Å². The number of hydrogen-bond acceptors (Lipinski definition) is 2. The summed E-state index contributed by atoms with van der Waals surface area (Å²) in [7, 11) is 0. The molecule has 0 spiro atoms. The molecule has 0 saturated carbocycles. The van der Waals surface area contributed by atoms with Crippen LogP contribution in [0.3, 0.4) is 0 Å². The minimum Gasteiger partial charge on any atom is -0.356 e. The molecule has 0 radical (unpaired) electrons. The number of benzene rings is 1. The smallest absolute Gasteiger partial charge is 0.225 e. The van der Waals surface area contributed by atoms with Crippen LogP contribution in [0, 0.1) is 11.2 Å². The summed E-state index contributed by atoms with van der Waals surface area (Å²) in [6, 6.07) is 6.25. The molecule has 2 N–H and O–H groups in total. The summed E-state index contributed by atoms with van der Waals surface area (Å²) < 4.78 is 12.7. The number of carbonyl (C=O) groups is 2. The van der Waals surface area contributed by atoms with Crippen molar-refractivity contribution in [2.45, 2.75) is 40.0 Å². The van der Waals surface area contributed by atoms with E-state index in [4.69, 9.17) is 0 Å². The number of carbonyl (C=O) groups excluding carboxylic acids is 2. The minimum absolute atomic E-state index is 0.00998. The second-order valence-electron chi connectivity index (χ2n) is 6.34. The molecule has 0 atom stereocenters. The maximum Gasteiger partial charge on any atom is 0.225 e. The van der Waals surface area contributed by atoms with E-state index in [1.807, 2.05) is 20.8 Å². The number of rotatable bonds is 7. The van der Waals surface area contributed by atoms with Crippen molar-refractivity contribution < 1.29 is 14.0 Å². The second kappa shape index (κ2) is 8.51. The molecule has 0 aromatic heterocycles. The zero-order chi connectivity index (χ0) is 16.6. The molecule has 4 nitrogen and oxygen atoms in total. The molecular weight excluding hydrogens is 283 g/mol. The standard InChI is InChI=1S/C17H25FN2O2/c1-17(2,3)16(22)20-11-4-5-15(21)19-12-10-13-6-8-14(18)9-7-13/h6-9H,4-5,10-12H2,1-3H3,(H,19,21)(H,20,22). The molecule has 0 heterocycles. The first-order valence-corrected chi connectivity index (χ1v) is 7.58. The Morgan fingerprint density at radius 1 is 1.05 bits per heavy atom. The SMILES string of the molecule is CC(C)(C)C(=O)NCCCC(=O)NCCc1ccc(F)cc1. The lowest BCUT2D eigenvalue weighted by atomic mass is 9.96. The Hall–Kier alpha value is -1.91. The third-order valence-electron chi connectivity index (χ3n) is 3.20. The van der Waals surface area contributed by atoms with Crippen molar-refractivity contribution in [1.82, 2.24) is 10.6 Å². The first-order chi connectivity index (χ1) is 10.3. The molecule has 5 heteroatoms. The molecule has 122 valence electrons. The molecule has 0 aliphatic rings. The summed E-state index contributed by atoms with van der Waals surface area (Å²) in [5, 5.41) is 5.63. The second-order valence-corrected chi connectivity index (χ2v) is 6.34. The van der Waals surface area contributed by atoms with Crippen molar-refractivity contribution in [3.8, 4) is 0 Å². The van der Waals surface area contributed by atoms with Crippen molar-refractivity contribution in [1.29, 1.82) is 0 Å². The Balaban J connectivity index is 2.11. The molecule has 0 fully saturated rings. The normalized spacial score (nSPS) is 11.1. The fourth-order valence-electron chi connectivity index (χ4n) is 1.80. The Morgan fingerprint density at radius 3 is 2.27 bits per heavy atom. The van der Waals surface area contributed by atoms with Crippen molar-refractivity contribution in [3.05, 3.63) is 35.6 Å². The van der Waals surface area contributed by atoms with Gasteiger partial charge in [0.1, 0.15) is 5.82 Å². The van der Waals surface area contributed by atoms with Crippen LogP contribution in [0.15, 0.2) is 24.3 Å². The lowest BCUT2D eigenvalue weighted by Crippen LogP contribution is -2.35. The van der Waals surface area contributed by atoms with Crippen LogP contribution in [0.2, 0.25) is 0 Å². The lowest BCUT2D eigenvalue weighted by Gasteiger charge is -2.17. The Labute approximate surface area is 131 Å². The van der Waals surface area contributed by atoms with E-state index >= 15 is 0 Å². The van der Waals surface area contributed by atoms with Gasteiger partial charge in [-0.3, -0.25) is 9.59 Å². The molecule has 1 aromatic carbocycles. The van der Waals surface area contributed by atoms with Gasteiger partial charge in [-0.25, -0.2) is 4.39 Å². The minimum atomic E-state index is -0.405. The Kier molecular flexibility index (Phi) is 7.02. The van der Waals surface area contributed by atoms with Gasteiger partial charge in [-0.05, 0) is 30.5 Å². The van der Waals surface area contributed by atoms with Crippen LogP contribution >= 0.6 is 0 Å². The van der Waals surface area contributed by atoms with Crippen LogP contribution in [0.25, 0.3) is 0 Å². The molecule has 0 aliphatic carbocycles. The van der Waals surface area contributed by atoms with Gasteiger partial charge in [0.05, 0.1) is 0 Å². The average Bonchev–Trinajstić information content (AvgIpc) is 2.44. The summed E-state index contributed by atoms with van der Waals surface area (Å²) in [4.78, 5) is 23.3. The first kappa shape index (κ1) is 18.1. The van der Waals surface area contributed by atoms with Crippen LogP contribution in [0.5, 0.6) is 0 Å². The highest BCUT2D eigenvalue weighted by atomic mass is 19.1. The van der Waals surface area contributed by atoms with Gasteiger partial charge in [-0.2, -0.15) is 0 Å². The van der Waals surface area contributed by atoms with Gasteiger partial charge in [0, 0.05) is 24.9 Å². The number of amides is 2. The van der Waals surface area contributed by atoms with Crippen molar-refractivity contribution in [2.75, 3.05) is 13.1 Å². The zero-order valence-electron chi connectivity index (χ0n) is 13.5. The van der Waals surface area contributed by atoms with Crippen molar-refractivity contribution >= 4 is 11.8 Å². The summed E-state index contributed by atoms with van der Waals surface area (Å²) in [6.45, 7) is 6.58. The zero-order valence-corrected chi connectivity index (χ0v) is 13.5. The van der Waals surface area contributed by atoms with E-state index in [9.17, 15) is 14.0 Å². The number of halogens is 1. The van der Waals surface area contributed by atoms with E-state index in [0.29, 0.717) is 32.4 Å². The van der Waals surface area contributed by atoms with Gasteiger partial charge in [-0.1, -0.05) is 32.9 Å². The molecule has 22 heavy (non-hydrogen) atoms. The summed E-state index contributed by atoms with van der Waals surface area (Å²) in [6.07, 6.45) is 1.67. The van der Waals surface area contributed by atoms with E-state index in [2.05, 4.69) is 10.6 Å². The van der Waals surface area contributed by atoms with Crippen LogP contribution in [0.1, 0.15) is 39.2 Å². The van der Waals surface area contributed by atoms with Crippen LogP contribution in [-0.4, -0.2) is 24.9 Å². The summed E-state index contributed by atoms with van der Waals surface area (Å²) in [5.41, 5.74) is 0.580. The third-order valence-corrected chi connectivity index (χ3v) is 3.20. The monoisotopic (exact) mass is 308 g/mol. The quantitative estimate of drug-likeness (QED) is 0.760. The Bertz CT molecular complexity index is 492. The topological polar surface area (TPSA) is 58.2 Å². The average molecular weight is 308 g/mol. The van der Waals surface area contributed by atoms with Gasteiger partial charge in [0.15, 0.2) is 0 Å². The largest absolute Gasteiger partial charge is 0.356 e. The fraction of sp³-hybridized carbons (Fsp3) is 0.529. The van der Waals surface area contributed by atoms with E-state index in [1.54, 1.807) is 12.1 Å². The molecule has 0 aliphatic heterocycles. The molecule has 0 unspecified atom stereocenters. The van der Waals surface area contributed by atoms with E-state index < -0.39 is 5.41 Å². The van der Waals surface area contributed by atoms with Gasteiger partial charge in [0.2, 0.25) is 11.8 Å². The van der Waals surface area contributed by atoms with Gasteiger partial charge in [-0.15, -0.1) is 0 Å².